The zero-order valence-corrected chi connectivity index (χ0v) is 18.9. The number of ether oxygens (including phenoxy) is 1. The summed E-state index contributed by atoms with van der Waals surface area (Å²) in [7, 11) is 0. The van der Waals surface area contributed by atoms with E-state index >= 15 is 0 Å². The first kappa shape index (κ1) is 22.9. The molecule has 182 valence electrons. The Kier molecular flexibility index (Phi) is 6.35. The van der Waals surface area contributed by atoms with Gasteiger partial charge in [-0.1, -0.05) is 12.1 Å². The standard InChI is InChI=1S/C24H28F3N5O2/c25-24(26,27)18-4-1-3-17(15-18)20-5-6-21-22(29-20)32(19-7-10-31(21)16-19)23(33)28-8-2-9-30-11-13-34-14-12-30/h1,3-6,15,19H,2,7-14,16H2,(H,28,33)/t19-/m0/s1. The molecule has 2 saturated heterocycles. The number of fused-ring (bicyclic) bond motifs is 4. The second-order valence-electron chi connectivity index (χ2n) is 8.92. The monoisotopic (exact) mass is 475 g/mol. The fourth-order valence-electron chi connectivity index (χ4n) is 4.90. The van der Waals surface area contributed by atoms with Crippen LogP contribution in [0.1, 0.15) is 18.4 Å². The Labute approximate surface area is 196 Å². The number of anilines is 2. The Morgan fingerprint density at radius 1 is 1.15 bits per heavy atom. The number of morpholine rings is 1. The molecule has 2 fully saturated rings. The minimum Gasteiger partial charge on any atom is -0.379 e. The molecule has 2 amide bonds. The van der Waals surface area contributed by atoms with Crippen LogP contribution in [0.4, 0.5) is 29.5 Å². The number of rotatable bonds is 5. The van der Waals surface area contributed by atoms with Crippen LogP contribution in [0.15, 0.2) is 36.4 Å². The molecule has 0 radical (unpaired) electrons. The first-order valence-corrected chi connectivity index (χ1v) is 11.7. The molecule has 0 unspecified atom stereocenters. The van der Waals surface area contributed by atoms with Crippen molar-refractivity contribution in [3.05, 3.63) is 42.0 Å². The van der Waals surface area contributed by atoms with Crippen LogP contribution < -0.4 is 15.1 Å². The van der Waals surface area contributed by atoms with Crippen LogP contribution in [-0.2, 0) is 10.9 Å². The lowest BCUT2D eigenvalue weighted by Crippen LogP contribution is -2.51. The fourth-order valence-corrected chi connectivity index (χ4v) is 4.90. The fraction of sp³-hybridized carbons (Fsp3) is 0.500. The third kappa shape index (κ3) is 4.69. The molecule has 34 heavy (non-hydrogen) atoms. The molecule has 1 N–H and O–H groups in total. The van der Waals surface area contributed by atoms with E-state index in [4.69, 9.17) is 4.74 Å². The lowest BCUT2D eigenvalue weighted by atomic mass is 10.1. The topological polar surface area (TPSA) is 60.9 Å². The average Bonchev–Trinajstić information content (AvgIpc) is 3.26. The second-order valence-corrected chi connectivity index (χ2v) is 8.92. The third-order valence-corrected chi connectivity index (χ3v) is 6.69. The van der Waals surface area contributed by atoms with Gasteiger partial charge in [0.2, 0.25) is 0 Å². The van der Waals surface area contributed by atoms with Crippen LogP contribution in [0.2, 0.25) is 0 Å². The summed E-state index contributed by atoms with van der Waals surface area (Å²) in [6, 6.07) is 8.51. The zero-order valence-electron chi connectivity index (χ0n) is 18.9. The first-order chi connectivity index (χ1) is 16.4. The van der Waals surface area contributed by atoms with Gasteiger partial charge in [-0.15, -0.1) is 0 Å². The number of carbonyl (C=O) groups excluding carboxylic acids is 1. The number of nitrogens with one attached hydrogen (secondary N) is 1. The van der Waals surface area contributed by atoms with E-state index in [0.717, 1.165) is 76.6 Å². The Morgan fingerprint density at radius 3 is 2.76 bits per heavy atom. The molecular formula is C24H28F3N5O2. The molecule has 4 heterocycles. The van der Waals surface area contributed by atoms with Crippen molar-refractivity contribution in [1.82, 2.24) is 15.2 Å². The predicted octanol–water partition coefficient (Wildman–Crippen LogP) is 3.60. The van der Waals surface area contributed by atoms with Crippen molar-refractivity contribution in [3.63, 3.8) is 0 Å². The SMILES string of the molecule is O=C(NCCCN1CCOCC1)N1c2nc(-c3cccc(C(F)(F)F)c3)ccc2N2CC[C@H]1C2. The number of aromatic nitrogens is 1. The van der Waals surface area contributed by atoms with E-state index in [9.17, 15) is 18.0 Å². The maximum atomic E-state index is 13.2. The van der Waals surface area contributed by atoms with Gasteiger partial charge < -0.3 is 15.0 Å². The van der Waals surface area contributed by atoms with Crippen LogP contribution in [0.5, 0.6) is 0 Å². The molecule has 3 aliphatic heterocycles. The summed E-state index contributed by atoms with van der Waals surface area (Å²) in [5, 5.41) is 3.03. The molecule has 5 rings (SSSR count). The van der Waals surface area contributed by atoms with Gasteiger partial charge in [0.05, 0.1) is 36.2 Å². The maximum absolute atomic E-state index is 13.2. The van der Waals surface area contributed by atoms with E-state index in [0.29, 0.717) is 23.6 Å². The molecule has 0 aliphatic carbocycles. The van der Waals surface area contributed by atoms with E-state index in [-0.39, 0.29) is 12.1 Å². The smallest absolute Gasteiger partial charge is 0.379 e. The quantitative estimate of drug-likeness (QED) is 0.670. The van der Waals surface area contributed by atoms with Gasteiger partial charge >= 0.3 is 12.2 Å². The summed E-state index contributed by atoms with van der Waals surface area (Å²) >= 11 is 0. The molecule has 0 saturated carbocycles. The van der Waals surface area contributed by atoms with Crippen LogP contribution in [0.25, 0.3) is 11.3 Å². The van der Waals surface area contributed by atoms with E-state index in [1.165, 1.54) is 6.07 Å². The number of pyridine rings is 1. The molecule has 10 heteroatoms. The number of amides is 2. The van der Waals surface area contributed by atoms with Crippen molar-refractivity contribution in [2.45, 2.75) is 25.1 Å². The number of nitrogens with zero attached hydrogens (tertiary/aromatic N) is 4. The van der Waals surface area contributed by atoms with E-state index in [1.807, 2.05) is 6.07 Å². The normalized spacial score (nSPS) is 20.4. The highest BCUT2D eigenvalue weighted by Gasteiger charge is 2.40. The predicted molar refractivity (Wildman–Crippen MR) is 123 cm³/mol. The lowest BCUT2D eigenvalue weighted by molar-refractivity contribution is -0.137. The van der Waals surface area contributed by atoms with Gasteiger partial charge in [-0.05, 0) is 43.7 Å². The molecule has 2 aromatic rings. The summed E-state index contributed by atoms with van der Waals surface area (Å²) in [6.07, 6.45) is -2.76. The number of urea groups is 1. The van der Waals surface area contributed by atoms with Crippen molar-refractivity contribution in [1.29, 1.82) is 0 Å². The van der Waals surface area contributed by atoms with Crippen LogP contribution in [0.3, 0.4) is 0 Å². The van der Waals surface area contributed by atoms with E-state index in [2.05, 4.69) is 20.1 Å². The van der Waals surface area contributed by atoms with Crippen molar-refractivity contribution in [2.75, 3.05) is 62.3 Å². The Bertz CT molecular complexity index is 1040. The minimum atomic E-state index is -4.43. The molecule has 1 atom stereocenters. The number of hydrogen-bond donors (Lipinski definition) is 1. The van der Waals surface area contributed by atoms with Gasteiger partial charge in [-0.25, -0.2) is 9.78 Å². The van der Waals surface area contributed by atoms with Gasteiger partial charge in [0.25, 0.3) is 0 Å². The molecule has 1 aromatic carbocycles. The number of benzene rings is 1. The van der Waals surface area contributed by atoms with E-state index in [1.54, 1.807) is 17.0 Å². The number of alkyl halides is 3. The first-order valence-electron chi connectivity index (χ1n) is 11.7. The summed E-state index contributed by atoms with van der Waals surface area (Å²) < 4.78 is 45.0. The average molecular weight is 476 g/mol. The van der Waals surface area contributed by atoms with Gasteiger partial charge in [0.15, 0.2) is 5.82 Å². The molecule has 2 bridgehead atoms. The summed E-state index contributed by atoms with van der Waals surface area (Å²) in [5.41, 5.74) is 0.907. The minimum absolute atomic E-state index is 0.00370. The van der Waals surface area contributed by atoms with Gasteiger partial charge in [-0.3, -0.25) is 9.80 Å². The second kappa shape index (κ2) is 9.42. The van der Waals surface area contributed by atoms with E-state index < -0.39 is 11.7 Å². The summed E-state index contributed by atoms with van der Waals surface area (Å²) in [6.45, 7) is 6.31. The molecule has 3 aliphatic rings. The van der Waals surface area contributed by atoms with Crippen LogP contribution in [0, 0.1) is 0 Å². The number of halogens is 3. The Balaban J connectivity index is 1.33. The Morgan fingerprint density at radius 2 is 1.97 bits per heavy atom. The van der Waals surface area contributed by atoms with Crippen molar-refractivity contribution in [3.8, 4) is 11.3 Å². The van der Waals surface area contributed by atoms with Crippen molar-refractivity contribution < 1.29 is 22.7 Å². The maximum Gasteiger partial charge on any atom is 0.416 e. The molecular weight excluding hydrogens is 447 g/mol. The summed E-state index contributed by atoms with van der Waals surface area (Å²) in [5.74, 6) is 0.509. The molecule has 1 aromatic heterocycles. The van der Waals surface area contributed by atoms with Crippen molar-refractivity contribution in [2.24, 2.45) is 0 Å². The highest BCUT2D eigenvalue weighted by atomic mass is 19.4. The third-order valence-electron chi connectivity index (χ3n) is 6.69. The highest BCUT2D eigenvalue weighted by molar-refractivity contribution is 5.97. The Hall–Kier alpha value is -2.85. The molecule has 7 nitrogen and oxygen atoms in total. The largest absolute Gasteiger partial charge is 0.416 e. The number of hydrogen-bond acceptors (Lipinski definition) is 5. The molecule has 0 spiro atoms. The highest BCUT2D eigenvalue weighted by Crippen LogP contribution is 2.40. The van der Waals surface area contributed by atoms with Gasteiger partial charge in [0, 0.05) is 38.3 Å². The van der Waals surface area contributed by atoms with Gasteiger partial charge in [-0.2, -0.15) is 13.2 Å². The number of carbonyl (C=O) groups is 1. The van der Waals surface area contributed by atoms with Crippen LogP contribution in [-0.4, -0.2) is 74.4 Å². The summed E-state index contributed by atoms with van der Waals surface area (Å²) in [4.78, 5) is 24.1. The van der Waals surface area contributed by atoms with Crippen LogP contribution >= 0.6 is 0 Å². The lowest BCUT2D eigenvalue weighted by Gasteiger charge is -2.36. The zero-order chi connectivity index (χ0) is 23.7. The van der Waals surface area contributed by atoms with Crippen molar-refractivity contribution >= 4 is 17.5 Å². The van der Waals surface area contributed by atoms with Gasteiger partial charge in [0.1, 0.15) is 0 Å².